The molecule has 0 saturated carbocycles. The van der Waals surface area contributed by atoms with Gasteiger partial charge in [0.05, 0.1) is 17.6 Å². The number of aliphatic hydroxyl groups excluding tert-OH is 1. The van der Waals surface area contributed by atoms with Crippen LogP contribution >= 0.6 is 0 Å². The van der Waals surface area contributed by atoms with Crippen molar-refractivity contribution in [1.29, 1.82) is 0 Å². The maximum Gasteiger partial charge on any atom is 0.108 e. The molecule has 0 saturated heterocycles. The first-order valence-electron chi connectivity index (χ1n) is 5.03. The van der Waals surface area contributed by atoms with Crippen LogP contribution in [0.4, 0.5) is 5.69 Å². The van der Waals surface area contributed by atoms with Crippen LogP contribution in [0.5, 0.6) is 0 Å². The Balaban J connectivity index is 2.54. The Kier molecular flexibility index (Phi) is 3.66. The zero-order valence-electron chi connectivity index (χ0n) is 9.49. The third-order valence-corrected chi connectivity index (χ3v) is 1.98. The molecule has 1 aromatic rings. The van der Waals surface area contributed by atoms with Gasteiger partial charge in [-0.05, 0) is 32.9 Å². The number of aromatic nitrogens is 1. The average molecular weight is 209 g/mol. The summed E-state index contributed by atoms with van der Waals surface area (Å²) in [4.78, 5) is 4.06. The van der Waals surface area contributed by atoms with Gasteiger partial charge < -0.3 is 16.2 Å². The van der Waals surface area contributed by atoms with Crippen LogP contribution in [0.3, 0.4) is 0 Å². The van der Waals surface area contributed by atoms with Crippen LogP contribution in [0.25, 0.3) is 0 Å². The summed E-state index contributed by atoms with van der Waals surface area (Å²) < 4.78 is 0. The highest BCUT2D eigenvalue weighted by molar-refractivity contribution is 5.34. The van der Waals surface area contributed by atoms with Gasteiger partial charge in [0.2, 0.25) is 0 Å². The van der Waals surface area contributed by atoms with Gasteiger partial charge in [0, 0.05) is 12.1 Å². The van der Waals surface area contributed by atoms with E-state index in [1.165, 1.54) is 0 Å². The van der Waals surface area contributed by atoms with Gasteiger partial charge in [0.25, 0.3) is 0 Å². The van der Waals surface area contributed by atoms with Crippen molar-refractivity contribution in [3.8, 4) is 0 Å². The SMILES string of the molecule is CC(C)(C)NCC(O)c1ccc(N)cn1. The van der Waals surface area contributed by atoms with E-state index in [-0.39, 0.29) is 5.54 Å². The van der Waals surface area contributed by atoms with Crippen molar-refractivity contribution in [2.75, 3.05) is 12.3 Å². The van der Waals surface area contributed by atoms with E-state index in [1.54, 1.807) is 18.3 Å². The van der Waals surface area contributed by atoms with E-state index in [0.29, 0.717) is 17.9 Å². The lowest BCUT2D eigenvalue weighted by Crippen LogP contribution is -2.38. The fourth-order valence-electron chi connectivity index (χ4n) is 1.12. The Labute approximate surface area is 90.5 Å². The van der Waals surface area contributed by atoms with Crippen LogP contribution < -0.4 is 11.1 Å². The zero-order valence-corrected chi connectivity index (χ0v) is 9.49. The molecule has 0 amide bonds. The lowest BCUT2D eigenvalue weighted by atomic mass is 10.1. The molecule has 1 rings (SSSR count). The molecule has 0 aliphatic carbocycles. The Morgan fingerprint density at radius 2 is 2.13 bits per heavy atom. The molecular formula is C11H19N3O. The second-order valence-corrected chi connectivity index (χ2v) is 4.66. The predicted octanol–water partition coefficient (Wildman–Crippen LogP) is 1.09. The number of β-amino-alcohol motifs (C(OH)–C–C–N with tert-alkyl or cyclic N) is 1. The summed E-state index contributed by atoms with van der Waals surface area (Å²) in [6.07, 6.45) is 0.958. The van der Waals surface area contributed by atoms with E-state index >= 15 is 0 Å². The van der Waals surface area contributed by atoms with E-state index in [0.717, 1.165) is 0 Å². The van der Waals surface area contributed by atoms with Crippen molar-refractivity contribution in [3.05, 3.63) is 24.0 Å². The molecule has 15 heavy (non-hydrogen) atoms. The quantitative estimate of drug-likeness (QED) is 0.696. The summed E-state index contributed by atoms with van der Waals surface area (Å²) in [5.74, 6) is 0. The molecule has 0 spiro atoms. The number of nitrogens with zero attached hydrogens (tertiary/aromatic N) is 1. The van der Waals surface area contributed by atoms with Crippen LogP contribution in [0.15, 0.2) is 18.3 Å². The van der Waals surface area contributed by atoms with Gasteiger partial charge >= 0.3 is 0 Å². The molecule has 84 valence electrons. The highest BCUT2D eigenvalue weighted by atomic mass is 16.3. The molecule has 0 fully saturated rings. The van der Waals surface area contributed by atoms with E-state index in [4.69, 9.17) is 5.73 Å². The molecule has 4 nitrogen and oxygen atoms in total. The topological polar surface area (TPSA) is 71.2 Å². The highest BCUT2D eigenvalue weighted by Gasteiger charge is 2.14. The maximum absolute atomic E-state index is 9.81. The van der Waals surface area contributed by atoms with Gasteiger partial charge in [-0.3, -0.25) is 4.98 Å². The summed E-state index contributed by atoms with van der Waals surface area (Å²) in [5.41, 5.74) is 6.75. The summed E-state index contributed by atoms with van der Waals surface area (Å²) in [6.45, 7) is 6.64. The second kappa shape index (κ2) is 4.59. The molecule has 1 heterocycles. The van der Waals surface area contributed by atoms with Gasteiger partial charge in [0.15, 0.2) is 0 Å². The molecule has 0 aromatic carbocycles. The number of nitrogens with one attached hydrogen (secondary N) is 1. The van der Waals surface area contributed by atoms with Crippen LogP contribution in [0.1, 0.15) is 32.6 Å². The molecule has 1 atom stereocenters. The van der Waals surface area contributed by atoms with Crippen molar-refractivity contribution in [2.24, 2.45) is 0 Å². The monoisotopic (exact) mass is 209 g/mol. The van der Waals surface area contributed by atoms with Crippen molar-refractivity contribution in [3.63, 3.8) is 0 Å². The molecule has 4 N–H and O–H groups in total. The number of nitrogens with two attached hydrogens (primary N) is 1. The van der Waals surface area contributed by atoms with E-state index in [2.05, 4.69) is 31.1 Å². The number of pyridine rings is 1. The first-order chi connectivity index (χ1) is 6.88. The smallest absolute Gasteiger partial charge is 0.108 e. The Morgan fingerprint density at radius 3 is 2.60 bits per heavy atom. The molecule has 4 heteroatoms. The summed E-state index contributed by atoms with van der Waals surface area (Å²) in [7, 11) is 0. The van der Waals surface area contributed by atoms with Crippen molar-refractivity contribution in [2.45, 2.75) is 32.4 Å². The van der Waals surface area contributed by atoms with Crippen LogP contribution in [0.2, 0.25) is 0 Å². The van der Waals surface area contributed by atoms with Crippen LogP contribution in [-0.2, 0) is 0 Å². The number of anilines is 1. The number of rotatable bonds is 3. The number of nitrogen functional groups attached to an aromatic ring is 1. The third kappa shape index (κ3) is 4.27. The summed E-state index contributed by atoms with van der Waals surface area (Å²) >= 11 is 0. The van der Waals surface area contributed by atoms with Gasteiger partial charge in [-0.1, -0.05) is 0 Å². The minimum Gasteiger partial charge on any atom is -0.397 e. The average Bonchev–Trinajstić information content (AvgIpc) is 2.14. The molecule has 0 bridgehead atoms. The zero-order chi connectivity index (χ0) is 11.5. The number of hydrogen-bond donors (Lipinski definition) is 3. The normalized spacial score (nSPS) is 13.9. The minimum atomic E-state index is -0.593. The van der Waals surface area contributed by atoms with Crippen molar-refractivity contribution in [1.82, 2.24) is 10.3 Å². The third-order valence-electron chi connectivity index (χ3n) is 1.98. The van der Waals surface area contributed by atoms with E-state index < -0.39 is 6.10 Å². The molecule has 0 radical (unpaired) electrons. The van der Waals surface area contributed by atoms with Crippen molar-refractivity contribution >= 4 is 5.69 Å². The molecule has 0 aliphatic rings. The Hall–Kier alpha value is -1.13. The standard InChI is InChI=1S/C11H19N3O/c1-11(2,3)14-7-10(15)9-5-4-8(12)6-13-9/h4-6,10,14-15H,7,12H2,1-3H3. The second-order valence-electron chi connectivity index (χ2n) is 4.66. The largest absolute Gasteiger partial charge is 0.397 e. The summed E-state index contributed by atoms with van der Waals surface area (Å²) in [5, 5.41) is 13.0. The number of aliphatic hydroxyl groups is 1. The van der Waals surface area contributed by atoms with Gasteiger partial charge in [-0.25, -0.2) is 0 Å². The number of hydrogen-bond acceptors (Lipinski definition) is 4. The maximum atomic E-state index is 9.81. The fourth-order valence-corrected chi connectivity index (χ4v) is 1.12. The lowest BCUT2D eigenvalue weighted by molar-refractivity contribution is 0.159. The summed E-state index contributed by atoms with van der Waals surface area (Å²) in [6, 6.07) is 3.48. The molecule has 0 aliphatic heterocycles. The van der Waals surface area contributed by atoms with Crippen LogP contribution in [-0.4, -0.2) is 22.2 Å². The molecular weight excluding hydrogens is 190 g/mol. The first-order valence-corrected chi connectivity index (χ1v) is 5.03. The fraction of sp³-hybridized carbons (Fsp3) is 0.545. The van der Waals surface area contributed by atoms with Crippen molar-refractivity contribution < 1.29 is 5.11 Å². The molecule has 1 aromatic heterocycles. The van der Waals surface area contributed by atoms with Gasteiger partial charge in [0.1, 0.15) is 6.10 Å². The highest BCUT2D eigenvalue weighted by Crippen LogP contribution is 2.11. The van der Waals surface area contributed by atoms with E-state index in [1.807, 2.05) is 0 Å². The minimum absolute atomic E-state index is 0.00517. The molecule has 1 unspecified atom stereocenters. The first kappa shape index (κ1) is 11.9. The van der Waals surface area contributed by atoms with Gasteiger partial charge in [-0.2, -0.15) is 0 Å². The van der Waals surface area contributed by atoms with Crippen LogP contribution in [0, 0.1) is 0 Å². The predicted molar refractivity (Wildman–Crippen MR) is 61.4 cm³/mol. The Morgan fingerprint density at radius 1 is 1.47 bits per heavy atom. The lowest BCUT2D eigenvalue weighted by Gasteiger charge is -2.22. The van der Waals surface area contributed by atoms with Gasteiger partial charge in [-0.15, -0.1) is 0 Å². The van der Waals surface area contributed by atoms with E-state index in [9.17, 15) is 5.11 Å². The Bertz CT molecular complexity index is 303.